The number of methoxy groups -OCH3 is 1. The van der Waals surface area contributed by atoms with E-state index in [-0.39, 0.29) is 0 Å². The first-order valence-corrected chi connectivity index (χ1v) is 6.32. The number of aliphatic imine (C=N–C) groups is 1. The Morgan fingerprint density at radius 3 is 2.61 bits per heavy atom. The summed E-state index contributed by atoms with van der Waals surface area (Å²) < 4.78 is 4.98. The molecule has 0 aliphatic rings. The third-order valence-corrected chi connectivity index (χ3v) is 2.67. The number of rotatable bonds is 6. The third-order valence-electron chi connectivity index (χ3n) is 2.41. The Balaban J connectivity index is 2.29. The Labute approximate surface area is 113 Å². The average Bonchev–Trinajstić information content (AvgIpc) is 2.40. The second-order valence-corrected chi connectivity index (χ2v) is 4.26. The Morgan fingerprint density at radius 2 is 2.00 bits per heavy atom. The first kappa shape index (κ1) is 14.8. The van der Waals surface area contributed by atoms with Crippen LogP contribution in [0.25, 0.3) is 0 Å². The zero-order valence-corrected chi connectivity index (χ0v) is 11.6. The van der Waals surface area contributed by atoms with Crippen molar-refractivity contribution in [1.29, 1.82) is 0 Å². The molecule has 5 heteroatoms. The van der Waals surface area contributed by atoms with Crippen molar-refractivity contribution in [3.8, 4) is 0 Å². The van der Waals surface area contributed by atoms with Gasteiger partial charge in [-0.25, -0.2) is 0 Å². The molecule has 1 rings (SSSR count). The lowest BCUT2D eigenvalue weighted by Crippen LogP contribution is -2.37. The molecule has 1 aromatic carbocycles. The molecule has 0 aliphatic carbocycles. The second-order valence-electron chi connectivity index (χ2n) is 3.83. The smallest absolute Gasteiger partial charge is 0.191 e. The van der Waals surface area contributed by atoms with Crippen LogP contribution < -0.4 is 10.6 Å². The van der Waals surface area contributed by atoms with Crippen molar-refractivity contribution < 1.29 is 4.74 Å². The number of hydrogen-bond donors (Lipinski definition) is 2. The van der Waals surface area contributed by atoms with Gasteiger partial charge in [-0.05, 0) is 24.1 Å². The Hall–Kier alpha value is -1.26. The van der Waals surface area contributed by atoms with Crippen molar-refractivity contribution in [3.63, 3.8) is 0 Å². The predicted molar refractivity (Wildman–Crippen MR) is 76.1 cm³/mol. The van der Waals surface area contributed by atoms with E-state index in [1.165, 1.54) is 5.56 Å². The largest absolute Gasteiger partial charge is 0.385 e. The molecule has 0 bridgehead atoms. The quantitative estimate of drug-likeness (QED) is 0.472. The van der Waals surface area contributed by atoms with E-state index in [1.807, 2.05) is 24.3 Å². The van der Waals surface area contributed by atoms with E-state index in [2.05, 4.69) is 15.6 Å². The van der Waals surface area contributed by atoms with Crippen LogP contribution in [0.2, 0.25) is 5.02 Å². The third kappa shape index (κ3) is 5.89. The molecular formula is C13H20ClN3O. The maximum Gasteiger partial charge on any atom is 0.191 e. The summed E-state index contributed by atoms with van der Waals surface area (Å²) in [6.07, 6.45) is 0.956. The minimum atomic E-state index is 0.723. The van der Waals surface area contributed by atoms with Crippen molar-refractivity contribution in [2.45, 2.75) is 13.0 Å². The molecule has 0 saturated heterocycles. The molecule has 0 aliphatic heterocycles. The van der Waals surface area contributed by atoms with E-state index >= 15 is 0 Å². The van der Waals surface area contributed by atoms with Crippen LogP contribution >= 0.6 is 11.6 Å². The van der Waals surface area contributed by atoms with Crippen LogP contribution in [0.15, 0.2) is 29.3 Å². The molecule has 18 heavy (non-hydrogen) atoms. The summed E-state index contributed by atoms with van der Waals surface area (Å²) in [5.74, 6) is 0.793. The normalized spacial score (nSPS) is 11.4. The fourth-order valence-corrected chi connectivity index (χ4v) is 1.56. The number of nitrogens with zero attached hydrogens (tertiary/aromatic N) is 1. The minimum absolute atomic E-state index is 0.723. The first-order valence-electron chi connectivity index (χ1n) is 5.94. The number of hydrogen-bond acceptors (Lipinski definition) is 2. The van der Waals surface area contributed by atoms with E-state index in [9.17, 15) is 0 Å². The van der Waals surface area contributed by atoms with Crippen LogP contribution in [0.1, 0.15) is 12.0 Å². The maximum absolute atomic E-state index is 5.83. The molecule has 2 N–H and O–H groups in total. The number of benzene rings is 1. The highest BCUT2D eigenvalue weighted by molar-refractivity contribution is 6.30. The summed E-state index contributed by atoms with van der Waals surface area (Å²) in [5, 5.41) is 7.21. The zero-order valence-electron chi connectivity index (χ0n) is 10.9. The average molecular weight is 270 g/mol. The number of guanidine groups is 1. The van der Waals surface area contributed by atoms with Gasteiger partial charge in [0.1, 0.15) is 0 Å². The standard InChI is InChI=1S/C13H20ClN3O/c1-15-13(16-8-3-9-18-2)17-10-11-4-6-12(14)7-5-11/h4-7H,3,8-10H2,1-2H3,(H2,15,16,17). The highest BCUT2D eigenvalue weighted by atomic mass is 35.5. The van der Waals surface area contributed by atoms with Gasteiger partial charge in [0.05, 0.1) is 0 Å². The van der Waals surface area contributed by atoms with Crippen LogP contribution in [-0.2, 0) is 11.3 Å². The SMILES string of the molecule is CN=C(NCCCOC)NCc1ccc(Cl)cc1. The molecule has 0 atom stereocenters. The van der Waals surface area contributed by atoms with Gasteiger partial charge in [-0.15, -0.1) is 0 Å². The van der Waals surface area contributed by atoms with Crippen molar-refractivity contribution >= 4 is 17.6 Å². The molecular weight excluding hydrogens is 250 g/mol. The first-order chi connectivity index (χ1) is 8.76. The van der Waals surface area contributed by atoms with Gasteiger partial charge in [0, 0.05) is 38.9 Å². The fourth-order valence-electron chi connectivity index (χ4n) is 1.43. The van der Waals surface area contributed by atoms with Crippen molar-refractivity contribution in [3.05, 3.63) is 34.9 Å². The fraction of sp³-hybridized carbons (Fsp3) is 0.462. The lowest BCUT2D eigenvalue weighted by atomic mass is 10.2. The zero-order chi connectivity index (χ0) is 13.2. The maximum atomic E-state index is 5.83. The topological polar surface area (TPSA) is 45.7 Å². The van der Waals surface area contributed by atoms with Gasteiger partial charge in [-0.2, -0.15) is 0 Å². The van der Waals surface area contributed by atoms with Gasteiger partial charge in [0.2, 0.25) is 0 Å². The van der Waals surface area contributed by atoms with Gasteiger partial charge < -0.3 is 15.4 Å². The molecule has 0 aromatic heterocycles. The van der Waals surface area contributed by atoms with Crippen molar-refractivity contribution in [1.82, 2.24) is 10.6 Å². The predicted octanol–water partition coefficient (Wildman–Crippen LogP) is 2.04. The number of ether oxygens (including phenoxy) is 1. The number of halogens is 1. The summed E-state index contributed by atoms with van der Waals surface area (Å²) >= 11 is 5.83. The van der Waals surface area contributed by atoms with Crippen LogP contribution in [-0.4, -0.2) is 33.3 Å². The second kappa shape index (κ2) is 8.78. The Morgan fingerprint density at radius 1 is 1.28 bits per heavy atom. The van der Waals surface area contributed by atoms with E-state index < -0.39 is 0 Å². The number of nitrogens with one attached hydrogen (secondary N) is 2. The van der Waals surface area contributed by atoms with E-state index in [1.54, 1.807) is 14.2 Å². The molecule has 4 nitrogen and oxygen atoms in total. The van der Waals surface area contributed by atoms with E-state index in [4.69, 9.17) is 16.3 Å². The van der Waals surface area contributed by atoms with Gasteiger partial charge in [-0.3, -0.25) is 4.99 Å². The van der Waals surface area contributed by atoms with Crippen LogP contribution in [0.3, 0.4) is 0 Å². The van der Waals surface area contributed by atoms with Crippen LogP contribution in [0.5, 0.6) is 0 Å². The molecule has 0 unspecified atom stereocenters. The highest BCUT2D eigenvalue weighted by Crippen LogP contribution is 2.08. The Kier molecular flexibility index (Phi) is 7.22. The molecule has 0 spiro atoms. The molecule has 0 saturated carbocycles. The molecule has 1 aromatic rings. The molecule has 100 valence electrons. The minimum Gasteiger partial charge on any atom is -0.385 e. The molecule has 0 fully saturated rings. The summed E-state index contributed by atoms with van der Waals surface area (Å²) in [6, 6.07) is 7.75. The van der Waals surface area contributed by atoms with Crippen molar-refractivity contribution in [2.24, 2.45) is 4.99 Å². The van der Waals surface area contributed by atoms with Crippen LogP contribution in [0.4, 0.5) is 0 Å². The van der Waals surface area contributed by atoms with Gasteiger partial charge >= 0.3 is 0 Å². The molecule has 0 radical (unpaired) electrons. The van der Waals surface area contributed by atoms with Gasteiger partial charge in [0.25, 0.3) is 0 Å². The summed E-state index contributed by atoms with van der Waals surface area (Å²) in [7, 11) is 3.46. The van der Waals surface area contributed by atoms with Gasteiger partial charge in [-0.1, -0.05) is 23.7 Å². The molecule has 0 heterocycles. The van der Waals surface area contributed by atoms with Gasteiger partial charge in [0.15, 0.2) is 5.96 Å². The molecule has 0 amide bonds. The summed E-state index contributed by atoms with van der Waals surface area (Å²) in [4.78, 5) is 4.15. The van der Waals surface area contributed by atoms with Crippen molar-refractivity contribution in [2.75, 3.05) is 27.3 Å². The van der Waals surface area contributed by atoms with E-state index in [0.717, 1.165) is 37.1 Å². The Bertz CT molecular complexity index is 365. The van der Waals surface area contributed by atoms with E-state index in [0.29, 0.717) is 0 Å². The summed E-state index contributed by atoms with van der Waals surface area (Å²) in [6.45, 7) is 2.32. The highest BCUT2D eigenvalue weighted by Gasteiger charge is 1.97. The summed E-state index contributed by atoms with van der Waals surface area (Å²) in [5.41, 5.74) is 1.17. The lowest BCUT2D eigenvalue weighted by Gasteiger charge is -2.11. The monoisotopic (exact) mass is 269 g/mol. The van der Waals surface area contributed by atoms with Crippen LogP contribution in [0, 0.1) is 0 Å². The lowest BCUT2D eigenvalue weighted by molar-refractivity contribution is 0.195.